The first-order valence-electron chi connectivity index (χ1n) is 8.00. The first-order chi connectivity index (χ1) is 13.5. The second-order valence-corrected chi connectivity index (χ2v) is 6.37. The first-order valence-corrected chi connectivity index (χ1v) is 8.37. The number of hydrogen-bond donors (Lipinski definition) is 0. The van der Waals surface area contributed by atoms with E-state index in [0.717, 1.165) is 19.2 Å². The number of aromatic nitrogens is 3. The molecule has 0 aliphatic heterocycles. The Morgan fingerprint density at radius 1 is 1.14 bits per heavy atom. The first kappa shape index (κ1) is 20.6. The molecule has 11 heteroatoms. The summed E-state index contributed by atoms with van der Waals surface area (Å²) < 4.78 is 59.5. The summed E-state index contributed by atoms with van der Waals surface area (Å²) in [6.45, 7) is 1.64. The van der Waals surface area contributed by atoms with Gasteiger partial charge in [-0.2, -0.15) is 13.2 Å². The van der Waals surface area contributed by atoms with Crippen LogP contribution < -0.4 is 16.0 Å². The van der Waals surface area contributed by atoms with E-state index in [2.05, 4.69) is 4.98 Å². The molecule has 6 nitrogen and oxygen atoms in total. The molecule has 0 bridgehead atoms. The maximum absolute atomic E-state index is 14.5. The van der Waals surface area contributed by atoms with Gasteiger partial charge in [0.1, 0.15) is 23.0 Å². The summed E-state index contributed by atoms with van der Waals surface area (Å²) in [6.07, 6.45) is -3.41. The van der Waals surface area contributed by atoms with Gasteiger partial charge < -0.3 is 4.74 Å². The van der Waals surface area contributed by atoms with E-state index in [0.29, 0.717) is 5.69 Å². The monoisotopic (exact) mass is 429 g/mol. The van der Waals surface area contributed by atoms with Crippen LogP contribution >= 0.6 is 11.6 Å². The molecule has 0 aliphatic rings. The van der Waals surface area contributed by atoms with Crippen molar-refractivity contribution in [2.24, 2.45) is 7.05 Å². The highest BCUT2D eigenvalue weighted by Crippen LogP contribution is 2.33. The number of alkyl halides is 3. The molecule has 0 saturated heterocycles. The van der Waals surface area contributed by atoms with Crippen molar-refractivity contribution in [3.63, 3.8) is 0 Å². The molecule has 0 fully saturated rings. The van der Waals surface area contributed by atoms with Gasteiger partial charge in [0.2, 0.25) is 0 Å². The van der Waals surface area contributed by atoms with Crippen LogP contribution in [-0.4, -0.2) is 14.1 Å². The summed E-state index contributed by atoms with van der Waals surface area (Å²) in [6, 6.07) is 5.10. The highest BCUT2D eigenvalue weighted by molar-refractivity contribution is 6.32. The molecule has 0 radical (unpaired) electrons. The van der Waals surface area contributed by atoms with Gasteiger partial charge in [-0.3, -0.25) is 14.3 Å². The van der Waals surface area contributed by atoms with Crippen molar-refractivity contribution in [2.75, 3.05) is 0 Å². The van der Waals surface area contributed by atoms with Crippen LogP contribution in [0.3, 0.4) is 0 Å². The lowest BCUT2D eigenvalue weighted by atomic mass is 10.2. The summed E-state index contributed by atoms with van der Waals surface area (Å²) in [5, 5.41) is -0.175. The highest BCUT2D eigenvalue weighted by Gasteiger charge is 2.35. The predicted octanol–water partition coefficient (Wildman–Crippen LogP) is 3.84. The number of halogens is 5. The third-order valence-corrected chi connectivity index (χ3v) is 4.33. The third kappa shape index (κ3) is 3.88. The van der Waals surface area contributed by atoms with Crippen LogP contribution in [0.2, 0.25) is 5.02 Å². The van der Waals surface area contributed by atoms with Gasteiger partial charge in [-0.15, -0.1) is 0 Å². The lowest BCUT2D eigenvalue weighted by molar-refractivity contribution is -0.144. The highest BCUT2D eigenvalue weighted by atomic mass is 35.5. The number of rotatable bonds is 3. The molecule has 0 N–H and O–H groups in total. The molecule has 0 amide bonds. The van der Waals surface area contributed by atoms with E-state index in [9.17, 15) is 27.2 Å². The molecule has 0 spiro atoms. The Morgan fingerprint density at radius 3 is 2.45 bits per heavy atom. The molecule has 2 heterocycles. The van der Waals surface area contributed by atoms with Crippen LogP contribution in [0, 0.1) is 12.7 Å². The largest absolute Gasteiger partial charge is 0.454 e. The van der Waals surface area contributed by atoms with Crippen LogP contribution in [0.15, 0.2) is 46.1 Å². The fraction of sp³-hybridized carbons (Fsp3) is 0.167. The zero-order valence-corrected chi connectivity index (χ0v) is 15.7. The van der Waals surface area contributed by atoms with E-state index >= 15 is 0 Å². The van der Waals surface area contributed by atoms with E-state index in [1.54, 1.807) is 19.1 Å². The van der Waals surface area contributed by atoms with Crippen molar-refractivity contribution in [3.8, 4) is 17.2 Å². The molecule has 1 aromatic carbocycles. The number of nitrogens with zero attached hydrogens (tertiary/aromatic N) is 3. The Hall–Kier alpha value is -3.14. The molecular formula is C18H12ClF4N3O3. The maximum Gasteiger partial charge on any atom is 0.431 e. The fourth-order valence-corrected chi connectivity index (χ4v) is 2.77. The molecule has 29 heavy (non-hydrogen) atoms. The summed E-state index contributed by atoms with van der Waals surface area (Å²) >= 11 is 5.98. The van der Waals surface area contributed by atoms with Crippen LogP contribution in [0.4, 0.5) is 17.6 Å². The lowest BCUT2D eigenvalue weighted by Crippen LogP contribution is -2.41. The molecule has 3 aromatic rings. The number of aryl methyl sites for hydroxylation is 1. The molecule has 0 saturated carbocycles. The number of pyridine rings is 1. The molecular weight excluding hydrogens is 418 g/mol. The van der Waals surface area contributed by atoms with Crippen LogP contribution in [0.5, 0.6) is 11.5 Å². The lowest BCUT2D eigenvalue weighted by Gasteiger charge is -2.16. The zero-order valence-electron chi connectivity index (χ0n) is 14.9. The topological polar surface area (TPSA) is 66.1 Å². The van der Waals surface area contributed by atoms with Crippen molar-refractivity contribution >= 4 is 11.6 Å². The maximum atomic E-state index is 14.5. The molecule has 152 valence electrons. The van der Waals surface area contributed by atoms with E-state index in [1.165, 1.54) is 6.20 Å². The smallest absolute Gasteiger partial charge is 0.431 e. The molecule has 0 atom stereocenters. The van der Waals surface area contributed by atoms with Gasteiger partial charge in [-0.25, -0.2) is 13.8 Å². The number of hydrogen-bond acceptors (Lipinski definition) is 4. The van der Waals surface area contributed by atoms with Crippen LogP contribution in [-0.2, 0) is 13.2 Å². The molecule has 2 aromatic heterocycles. The van der Waals surface area contributed by atoms with E-state index in [-0.39, 0.29) is 31.7 Å². The number of ether oxygens (including phenoxy) is 1. The minimum absolute atomic E-state index is 0.118. The SMILES string of the molecule is Cc1ncccc1Oc1cc(-n2c(=O)cc(C(F)(F)F)n(C)c2=O)c(F)cc1Cl. The second kappa shape index (κ2) is 7.36. The molecule has 3 rings (SSSR count). The van der Waals surface area contributed by atoms with Gasteiger partial charge in [-0.1, -0.05) is 11.6 Å². The van der Waals surface area contributed by atoms with Crippen molar-refractivity contribution < 1.29 is 22.3 Å². The predicted molar refractivity (Wildman–Crippen MR) is 96.3 cm³/mol. The average molecular weight is 430 g/mol. The summed E-state index contributed by atoms with van der Waals surface area (Å²) in [7, 11) is 0.825. The Balaban J connectivity index is 2.20. The Kier molecular flexibility index (Phi) is 5.22. The molecule has 0 aliphatic carbocycles. The average Bonchev–Trinajstić information content (AvgIpc) is 2.62. The van der Waals surface area contributed by atoms with Gasteiger partial charge in [0, 0.05) is 25.4 Å². The summed E-state index contributed by atoms with van der Waals surface area (Å²) in [5.41, 5.74) is -4.32. The quantitative estimate of drug-likeness (QED) is 0.593. The minimum Gasteiger partial charge on any atom is -0.454 e. The van der Waals surface area contributed by atoms with Crippen LogP contribution in [0.1, 0.15) is 11.4 Å². The van der Waals surface area contributed by atoms with E-state index in [1.807, 2.05) is 0 Å². The number of benzene rings is 1. The van der Waals surface area contributed by atoms with Gasteiger partial charge in [-0.05, 0) is 25.1 Å². The van der Waals surface area contributed by atoms with Gasteiger partial charge in [0.15, 0.2) is 0 Å². The van der Waals surface area contributed by atoms with Crippen LogP contribution in [0.25, 0.3) is 5.69 Å². The van der Waals surface area contributed by atoms with E-state index < -0.39 is 34.6 Å². The van der Waals surface area contributed by atoms with Crippen molar-refractivity contribution in [1.82, 2.24) is 14.1 Å². The Labute approximate surface area is 165 Å². The Bertz CT molecular complexity index is 1220. The fourth-order valence-electron chi connectivity index (χ4n) is 2.58. The Morgan fingerprint density at radius 2 is 1.83 bits per heavy atom. The van der Waals surface area contributed by atoms with Gasteiger partial charge >= 0.3 is 11.9 Å². The summed E-state index contributed by atoms with van der Waals surface area (Å²) in [4.78, 5) is 28.6. The van der Waals surface area contributed by atoms with Crippen molar-refractivity contribution in [2.45, 2.75) is 13.1 Å². The van der Waals surface area contributed by atoms with Gasteiger partial charge in [0.05, 0.1) is 16.4 Å². The standard InChI is InChI=1S/C18H12ClF4N3O3/c1-9-13(4-3-5-24-9)29-14-7-12(11(20)6-10(14)19)26-16(27)8-15(18(21,22)23)25(2)17(26)28/h3-8H,1-2H3. The third-order valence-electron chi connectivity index (χ3n) is 4.03. The second-order valence-electron chi connectivity index (χ2n) is 5.97. The molecule has 0 unspecified atom stereocenters. The van der Waals surface area contributed by atoms with Crippen molar-refractivity contribution in [3.05, 3.63) is 79.6 Å². The summed E-state index contributed by atoms with van der Waals surface area (Å²) in [5.74, 6) is -0.933. The normalized spacial score (nSPS) is 11.6. The van der Waals surface area contributed by atoms with E-state index in [4.69, 9.17) is 16.3 Å². The van der Waals surface area contributed by atoms with Gasteiger partial charge in [0.25, 0.3) is 5.56 Å². The minimum atomic E-state index is -4.93. The zero-order chi connectivity index (χ0) is 21.5. The van der Waals surface area contributed by atoms with Crippen molar-refractivity contribution in [1.29, 1.82) is 0 Å².